The molecule has 1 amide bonds. The molecule has 2 aromatic heterocycles. The third kappa shape index (κ3) is 5.17. The molecule has 4 rings (SSSR count). The second-order valence-electron chi connectivity index (χ2n) is 7.30. The van der Waals surface area contributed by atoms with Crippen LogP contribution in [0.3, 0.4) is 0 Å². The molecule has 1 saturated heterocycles. The fourth-order valence-electron chi connectivity index (χ4n) is 3.34. The summed E-state index contributed by atoms with van der Waals surface area (Å²) in [5.74, 6) is 1.02. The summed E-state index contributed by atoms with van der Waals surface area (Å²) in [5, 5.41) is 4.67. The Morgan fingerprint density at radius 2 is 2.00 bits per heavy atom. The summed E-state index contributed by atoms with van der Waals surface area (Å²) in [5.41, 5.74) is 2.40. The molecule has 1 aliphatic heterocycles. The molecule has 30 heavy (non-hydrogen) atoms. The van der Waals surface area contributed by atoms with Gasteiger partial charge in [0.15, 0.2) is 11.5 Å². The number of hydrogen-bond acceptors (Lipinski definition) is 6. The van der Waals surface area contributed by atoms with Crippen LogP contribution in [0, 0.1) is 6.92 Å². The second kappa shape index (κ2) is 9.28. The Morgan fingerprint density at radius 1 is 1.17 bits per heavy atom. The van der Waals surface area contributed by atoms with Crippen molar-refractivity contribution in [2.45, 2.75) is 20.1 Å². The predicted octanol–water partition coefficient (Wildman–Crippen LogP) is 3.57. The van der Waals surface area contributed by atoms with Gasteiger partial charge in [-0.2, -0.15) is 0 Å². The molecular weight excluding hydrogens is 404 g/mol. The number of benzene rings is 1. The lowest BCUT2D eigenvalue weighted by molar-refractivity contribution is 0.0618. The minimum atomic E-state index is -0.121. The number of carbonyl (C=O) groups excluding carboxylic acids is 1. The first-order valence-electron chi connectivity index (χ1n) is 9.84. The van der Waals surface area contributed by atoms with E-state index in [-0.39, 0.29) is 12.5 Å². The molecule has 8 heteroatoms. The van der Waals surface area contributed by atoms with Gasteiger partial charge in [0.25, 0.3) is 5.91 Å². The molecule has 156 valence electrons. The summed E-state index contributed by atoms with van der Waals surface area (Å²) in [7, 11) is 0. The Morgan fingerprint density at radius 3 is 2.73 bits per heavy atom. The van der Waals surface area contributed by atoms with Crippen LogP contribution in [0.25, 0.3) is 0 Å². The van der Waals surface area contributed by atoms with E-state index in [4.69, 9.17) is 20.9 Å². The molecule has 3 heterocycles. The van der Waals surface area contributed by atoms with Crippen LogP contribution in [0.2, 0.25) is 5.02 Å². The zero-order chi connectivity index (χ0) is 20.9. The SMILES string of the molecule is Cc1ccc(OCc2cc(C(=O)N3CCN(Cc4cccc(Cl)c4)CC3)no2)cn1. The fraction of sp³-hybridized carbons (Fsp3) is 0.318. The summed E-state index contributed by atoms with van der Waals surface area (Å²) in [6, 6.07) is 13.2. The largest absolute Gasteiger partial charge is 0.484 e. The summed E-state index contributed by atoms with van der Waals surface area (Å²) >= 11 is 6.06. The zero-order valence-electron chi connectivity index (χ0n) is 16.8. The van der Waals surface area contributed by atoms with E-state index < -0.39 is 0 Å². The standard InChI is InChI=1S/C22H23ClN4O3/c1-16-5-6-19(13-24-16)29-15-20-12-21(25-30-20)22(28)27-9-7-26(8-10-27)14-17-3-2-4-18(23)11-17/h2-6,11-13H,7-10,14-15H2,1H3. The van der Waals surface area contributed by atoms with Gasteiger partial charge in [0.2, 0.25) is 0 Å². The van der Waals surface area contributed by atoms with E-state index in [0.29, 0.717) is 30.3 Å². The zero-order valence-corrected chi connectivity index (χ0v) is 17.5. The minimum absolute atomic E-state index is 0.121. The molecular formula is C22H23ClN4O3. The molecule has 7 nitrogen and oxygen atoms in total. The van der Waals surface area contributed by atoms with E-state index >= 15 is 0 Å². The third-order valence-corrected chi connectivity index (χ3v) is 5.23. The maximum absolute atomic E-state index is 12.8. The molecule has 3 aromatic rings. The number of piperazine rings is 1. The number of aryl methyl sites for hydroxylation is 1. The molecule has 0 unspecified atom stereocenters. The van der Waals surface area contributed by atoms with Crippen molar-refractivity contribution in [3.05, 3.63) is 76.4 Å². The monoisotopic (exact) mass is 426 g/mol. The van der Waals surface area contributed by atoms with Crippen molar-refractivity contribution in [3.63, 3.8) is 0 Å². The highest BCUT2D eigenvalue weighted by Crippen LogP contribution is 2.16. The van der Waals surface area contributed by atoms with Crippen molar-refractivity contribution in [2.24, 2.45) is 0 Å². The Balaban J connectivity index is 1.27. The molecule has 0 N–H and O–H groups in total. The fourth-order valence-corrected chi connectivity index (χ4v) is 3.55. The first-order valence-corrected chi connectivity index (χ1v) is 10.2. The first kappa shape index (κ1) is 20.4. The van der Waals surface area contributed by atoms with Gasteiger partial charge in [-0.3, -0.25) is 14.7 Å². The topological polar surface area (TPSA) is 71.7 Å². The number of rotatable bonds is 6. The Kier molecular flexibility index (Phi) is 6.30. The van der Waals surface area contributed by atoms with E-state index in [0.717, 1.165) is 30.4 Å². The molecule has 1 aliphatic rings. The van der Waals surface area contributed by atoms with Crippen molar-refractivity contribution < 1.29 is 14.1 Å². The lowest BCUT2D eigenvalue weighted by Gasteiger charge is -2.34. The van der Waals surface area contributed by atoms with Gasteiger partial charge < -0.3 is 14.2 Å². The smallest absolute Gasteiger partial charge is 0.276 e. The van der Waals surface area contributed by atoms with Gasteiger partial charge >= 0.3 is 0 Å². The van der Waals surface area contributed by atoms with Gasteiger partial charge in [-0.05, 0) is 36.8 Å². The minimum Gasteiger partial charge on any atom is -0.484 e. The lowest BCUT2D eigenvalue weighted by Crippen LogP contribution is -2.48. The maximum atomic E-state index is 12.8. The average Bonchev–Trinajstić information content (AvgIpc) is 3.22. The lowest BCUT2D eigenvalue weighted by atomic mass is 10.2. The van der Waals surface area contributed by atoms with Crippen LogP contribution in [0.15, 0.2) is 53.2 Å². The van der Waals surface area contributed by atoms with E-state index in [1.54, 1.807) is 17.2 Å². The van der Waals surface area contributed by atoms with Crippen molar-refractivity contribution in [1.82, 2.24) is 19.9 Å². The average molecular weight is 427 g/mol. The predicted molar refractivity (Wildman–Crippen MR) is 112 cm³/mol. The van der Waals surface area contributed by atoms with Crippen molar-refractivity contribution >= 4 is 17.5 Å². The van der Waals surface area contributed by atoms with Gasteiger partial charge in [0.05, 0.1) is 6.20 Å². The third-order valence-electron chi connectivity index (χ3n) is 5.00. The van der Waals surface area contributed by atoms with Crippen molar-refractivity contribution in [2.75, 3.05) is 26.2 Å². The highest BCUT2D eigenvalue weighted by Gasteiger charge is 2.24. The molecule has 0 saturated carbocycles. The van der Waals surface area contributed by atoms with E-state index in [9.17, 15) is 4.79 Å². The van der Waals surface area contributed by atoms with Crippen molar-refractivity contribution in [3.8, 4) is 5.75 Å². The number of pyridine rings is 1. The Bertz CT molecular complexity index is 998. The number of amides is 1. The number of aromatic nitrogens is 2. The number of carbonyl (C=O) groups is 1. The van der Waals surface area contributed by atoms with Crippen LogP contribution in [0.4, 0.5) is 0 Å². The summed E-state index contributed by atoms with van der Waals surface area (Å²) in [6.07, 6.45) is 1.65. The summed E-state index contributed by atoms with van der Waals surface area (Å²) in [6.45, 7) is 5.81. The van der Waals surface area contributed by atoms with Crippen molar-refractivity contribution in [1.29, 1.82) is 0 Å². The van der Waals surface area contributed by atoms with Gasteiger partial charge in [0, 0.05) is 49.5 Å². The first-order chi connectivity index (χ1) is 14.6. The van der Waals surface area contributed by atoms with Gasteiger partial charge in [-0.25, -0.2) is 0 Å². The van der Waals surface area contributed by atoms with E-state index in [1.807, 2.05) is 37.3 Å². The number of ether oxygens (including phenoxy) is 1. The molecule has 0 aliphatic carbocycles. The van der Waals surface area contributed by atoms with E-state index in [2.05, 4.69) is 21.1 Å². The van der Waals surface area contributed by atoms with Gasteiger partial charge in [-0.15, -0.1) is 0 Å². The van der Waals surface area contributed by atoms with Crippen LogP contribution in [0.1, 0.15) is 27.5 Å². The van der Waals surface area contributed by atoms with Crippen LogP contribution >= 0.6 is 11.6 Å². The molecule has 0 bridgehead atoms. The van der Waals surface area contributed by atoms with Crippen LogP contribution in [0.5, 0.6) is 5.75 Å². The number of nitrogens with zero attached hydrogens (tertiary/aromatic N) is 4. The van der Waals surface area contributed by atoms with Crippen LogP contribution < -0.4 is 4.74 Å². The molecule has 0 spiro atoms. The Hall–Kier alpha value is -2.90. The van der Waals surface area contributed by atoms with Gasteiger partial charge in [-0.1, -0.05) is 28.9 Å². The van der Waals surface area contributed by atoms with Gasteiger partial charge in [0.1, 0.15) is 12.4 Å². The normalized spacial score (nSPS) is 14.7. The van der Waals surface area contributed by atoms with Crippen LogP contribution in [-0.4, -0.2) is 52.0 Å². The number of halogens is 1. The van der Waals surface area contributed by atoms with Crippen LogP contribution in [-0.2, 0) is 13.2 Å². The quantitative estimate of drug-likeness (QED) is 0.600. The highest BCUT2D eigenvalue weighted by molar-refractivity contribution is 6.30. The second-order valence-corrected chi connectivity index (χ2v) is 7.74. The number of hydrogen-bond donors (Lipinski definition) is 0. The molecule has 0 atom stereocenters. The maximum Gasteiger partial charge on any atom is 0.276 e. The summed E-state index contributed by atoms with van der Waals surface area (Å²) < 4.78 is 10.9. The van der Waals surface area contributed by atoms with E-state index in [1.165, 1.54) is 5.56 Å². The summed E-state index contributed by atoms with van der Waals surface area (Å²) in [4.78, 5) is 21.1. The highest BCUT2D eigenvalue weighted by atomic mass is 35.5. The Labute approximate surface area is 180 Å². The molecule has 1 fully saturated rings. The molecule has 1 aromatic carbocycles. The molecule has 0 radical (unpaired) electrons.